The first kappa shape index (κ1) is 20.0. The Morgan fingerprint density at radius 2 is 1.67 bits per heavy atom. The van der Waals surface area contributed by atoms with E-state index in [0.717, 1.165) is 5.56 Å². The second kappa shape index (κ2) is 10.6. The lowest BCUT2D eigenvalue weighted by Crippen LogP contribution is -2.37. The molecule has 0 saturated heterocycles. The van der Waals surface area contributed by atoms with Gasteiger partial charge in [-0.1, -0.05) is 30.3 Å². The molecule has 0 aliphatic carbocycles. The lowest BCUT2D eigenvalue weighted by molar-refractivity contribution is -0.139. The van der Waals surface area contributed by atoms with Gasteiger partial charge >= 0.3 is 11.8 Å². The Balaban J connectivity index is 1.89. The van der Waals surface area contributed by atoms with E-state index >= 15 is 0 Å². The van der Waals surface area contributed by atoms with Crippen molar-refractivity contribution in [3.05, 3.63) is 59.7 Å². The van der Waals surface area contributed by atoms with Crippen molar-refractivity contribution in [1.29, 1.82) is 0 Å². The van der Waals surface area contributed by atoms with Crippen LogP contribution < -0.4 is 20.2 Å². The minimum absolute atomic E-state index is 0.271. The predicted octanol–water partition coefficient (Wildman–Crippen LogP) is 2.25. The molecule has 0 atom stereocenters. The molecular weight excluding hydrogens is 346 g/mol. The maximum Gasteiger partial charge on any atom is 0.329 e. The summed E-state index contributed by atoms with van der Waals surface area (Å²) in [5.74, 6) is -0.355. The van der Waals surface area contributed by atoms with E-state index in [4.69, 9.17) is 9.47 Å². The van der Waals surface area contributed by atoms with Crippen LogP contribution in [0.4, 0.5) is 0 Å². The van der Waals surface area contributed by atoms with Crippen LogP contribution in [-0.4, -0.2) is 31.2 Å². The fraction of sp³-hybridized carbons (Fsp3) is 0.250. The van der Waals surface area contributed by atoms with E-state index in [1.165, 1.54) is 6.21 Å². The van der Waals surface area contributed by atoms with Crippen LogP contribution in [0.3, 0.4) is 0 Å². The standard InChI is InChI=1S/C20H23N3O4/c1-3-26-17-11-10-16(12-18(17)27-4-2)14-22-23-20(25)19(24)21-13-15-8-6-5-7-9-15/h5-12,14H,3-4,13H2,1-2H3,(H,21,24)(H,23,25)/b22-14-. The van der Waals surface area contributed by atoms with E-state index in [2.05, 4.69) is 15.8 Å². The largest absolute Gasteiger partial charge is 0.490 e. The quantitative estimate of drug-likeness (QED) is 0.424. The van der Waals surface area contributed by atoms with Gasteiger partial charge in [-0.15, -0.1) is 0 Å². The Bertz CT molecular complexity index is 791. The predicted molar refractivity (Wildman–Crippen MR) is 103 cm³/mol. The molecule has 0 spiro atoms. The molecule has 2 amide bonds. The number of hydrazone groups is 1. The van der Waals surface area contributed by atoms with Gasteiger partial charge in [-0.05, 0) is 43.2 Å². The zero-order valence-electron chi connectivity index (χ0n) is 15.4. The first-order valence-electron chi connectivity index (χ1n) is 8.68. The summed E-state index contributed by atoms with van der Waals surface area (Å²) in [6.45, 7) is 5.07. The smallest absolute Gasteiger partial charge is 0.329 e. The van der Waals surface area contributed by atoms with Crippen molar-refractivity contribution in [3.63, 3.8) is 0 Å². The highest BCUT2D eigenvalue weighted by atomic mass is 16.5. The van der Waals surface area contributed by atoms with Crippen molar-refractivity contribution in [3.8, 4) is 11.5 Å². The van der Waals surface area contributed by atoms with Crippen LogP contribution in [0, 0.1) is 0 Å². The van der Waals surface area contributed by atoms with Crippen molar-refractivity contribution in [1.82, 2.24) is 10.7 Å². The van der Waals surface area contributed by atoms with Gasteiger partial charge in [0.2, 0.25) is 0 Å². The molecule has 0 aliphatic rings. The van der Waals surface area contributed by atoms with Crippen LogP contribution in [-0.2, 0) is 16.1 Å². The van der Waals surface area contributed by atoms with E-state index in [1.54, 1.807) is 18.2 Å². The van der Waals surface area contributed by atoms with Gasteiger partial charge in [-0.2, -0.15) is 5.10 Å². The van der Waals surface area contributed by atoms with Crippen molar-refractivity contribution in [2.45, 2.75) is 20.4 Å². The molecule has 2 aromatic rings. The highest BCUT2D eigenvalue weighted by Gasteiger charge is 2.12. The minimum atomic E-state index is -0.835. The monoisotopic (exact) mass is 369 g/mol. The Morgan fingerprint density at radius 1 is 0.963 bits per heavy atom. The topological polar surface area (TPSA) is 89.0 Å². The Hall–Kier alpha value is -3.35. The Labute approximate surface area is 158 Å². The average Bonchev–Trinajstić information content (AvgIpc) is 2.69. The minimum Gasteiger partial charge on any atom is -0.490 e. The number of ether oxygens (including phenoxy) is 2. The molecule has 7 nitrogen and oxygen atoms in total. The number of nitrogens with one attached hydrogen (secondary N) is 2. The Kier molecular flexibility index (Phi) is 7.84. The lowest BCUT2D eigenvalue weighted by atomic mass is 10.2. The first-order chi connectivity index (χ1) is 13.1. The van der Waals surface area contributed by atoms with Gasteiger partial charge in [0, 0.05) is 6.54 Å². The molecule has 0 fully saturated rings. The van der Waals surface area contributed by atoms with Crippen LogP contribution in [0.15, 0.2) is 53.6 Å². The second-order valence-corrected chi connectivity index (χ2v) is 5.44. The van der Waals surface area contributed by atoms with Crippen LogP contribution in [0.1, 0.15) is 25.0 Å². The summed E-state index contributed by atoms with van der Waals surface area (Å²) in [5.41, 5.74) is 3.81. The molecule has 7 heteroatoms. The number of rotatable bonds is 8. The summed E-state index contributed by atoms with van der Waals surface area (Å²) in [4.78, 5) is 23.6. The van der Waals surface area contributed by atoms with Crippen molar-refractivity contribution in [2.75, 3.05) is 13.2 Å². The zero-order chi connectivity index (χ0) is 19.5. The number of nitrogens with zero attached hydrogens (tertiary/aromatic N) is 1. The SMILES string of the molecule is CCOc1ccc(/C=N\NC(=O)C(=O)NCc2ccccc2)cc1OCC. The summed E-state index contributed by atoms with van der Waals surface area (Å²) >= 11 is 0. The summed E-state index contributed by atoms with van der Waals surface area (Å²) in [7, 11) is 0. The highest BCUT2D eigenvalue weighted by Crippen LogP contribution is 2.27. The molecule has 0 saturated carbocycles. The van der Waals surface area contributed by atoms with Crippen molar-refractivity contribution < 1.29 is 19.1 Å². The highest BCUT2D eigenvalue weighted by molar-refractivity contribution is 6.35. The van der Waals surface area contributed by atoms with Crippen molar-refractivity contribution in [2.24, 2.45) is 5.10 Å². The molecule has 0 radical (unpaired) electrons. The molecule has 0 aromatic heterocycles. The van der Waals surface area contributed by atoms with Gasteiger partial charge in [0.05, 0.1) is 19.4 Å². The third kappa shape index (κ3) is 6.47. The average molecular weight is 369 g/mol. The van der Waals surface area contributed by atoms with Gasteiger partial charge in [-0.25, -0.2) is 5.43 Å². The second-order valence-electron chi connectivity index (χ2n) is 5.44. The van der Waals surface area contributed by atoms with Crippen LogP contribution in [0.25, 0.3) is 0 Å². The number of carbonyl (C=O) groups excluding carboxylic acids is 2. The maximum atomic E-state index is 11.8. The molecule has 0 aliphatic heterocycles. The Morgan fingerprint density at radius 3 is 2.37 bits per heavy atom. The normalized spacial score (nSPS) is 10.4. The number of carbonyl (C=O) groups is 2. The van der Waals surface area contributed by atoms with E-state index in [9.17, 15) is 9.59 Å². The zero-order valence-corrected chi connectivity index (χ0v) is 15.4. The van der Waals surface area contributed by atoms with E-state index in [-0.39, 0.29) is 6.54 Å². The van der Waals surface area contributed by atoms with Gasteiger partial charge in [-0.3, -0.25) is 9.59 Å². The molecule has 2 aromatic carbocycles. The maximum absolute atomic E-state index is 11.8. The van der Waals surface area contributed by atoms with Crippen LogP contribution >= 0.6 is 0 Å². The molecule has 2 N–H and O–H groups in total. The molecule has 0 heterocycles. The fourth-order valence-electron chi connectivity index (χ4n) is 2.22. The number of hydrogen-bond donors (Lipinski definition) is 2. The lowest BCUT2D eigenvalue weighted by Gasteiger charge is -2.11. The molecule has 142 valence electrons. The van der Waals surface area contributed by atoms with E-state index in [1.807, 2.05) is 44.2 Å². The molecular formula is C20H23N3O4. The van der Waals surface area contributed by atoms with Crippen LogP contribution in [0.2, 0.25) is 0 Å². The molecule has 2 rings (SSSR count). The first-order valence-corrected chi connectivity index (χ1v) is 8.68. The summed E-state index contributed by atoms with van der Waals surface area (Å²) < 4.78 is 11.0. The third-order valence-electron chi connectivity index (χ3n) is 3.45. The number of benzene rings is 2. The van der Waals surface area contributed by atoms with Crippen LogP contribution in [0.5, 0.6) is 11.5 Å². The molecule has 0 bridgehead atoms. The third-order valence-corrected chi connectivity index (χ3v) is 3.45. The molecule has 0 unspecified atom stereocenters. The number of hydrogen-bond acceptors (Lipinski definition) is 5. The van der Waals surface area contributed by atoms with Gasteiger partial charge in [0.15, 0.2) is 11.5 Å². The van der Waals surface area contributed by atoms with Gasteiger partial charge in [0.1, 0.15) is 0 Å². The van der Waals surface area contributed by atoms with E-state index < -0.39 is 11.8 Å². The van der Waals surface area contributed by atoms with E-state index in [0.29, 0.717) is 30.3 Å². The van der Waals surface area contributed by atoms with Gasteiger partial charge in [0.25, 0.3) is 0 Å². The van der Waals surface area contributed by atoms with Gasteiger partial charge < -0.3 is 14.8 Å². The summed E-state index contributed by atoms with van der Waals surface area (Å²) in [6.07, 6.45) is 1.43. The summed E-state index contributed by atoms with van der Waals surface area (Å²) in [6, 6.07) is 14.6. The number of amides is 2. The molecule has 27 heavy (non-hydrogen) atoms. The van der Waals surface area contributed by atoms with Crippen molar-refractivity contribution >= 4 is 18.0 Å². The summed E-state index contributed by atoms with van der Waals surface area (Å²) in [5, 5.41) is 6.35. The fourth-order valence-corrected chi connectivity index (χ4v) is 2.22.